The summed E-state index contributed by atoms with van der Waals surface area (Å²) in [6, 6.07) is 18.7. The van der Waals surface area contributed by atoms with Crippen molar-refractivity contribution in [3.05, 3.63) is 71.3 Å². The summed E-state index contributed by atoms with van der Waals surface area (Å²) in [5, 5.41) is 12.2. The van der Waals surface area contributed by atoms with Crippen LogP contribution >= 0.6 is 0 Å². The van der Waals surface area contributed by atoms with E-state index in [0.29, 0.717) is 18.7 Å². The molecule has 0 aliphatic heterocycles. The van der Waals surface area contributed by atoms with Crippen molar-refractivity contribution in [2.45, 2.75) is 25.8 Å². The van der Waals surface area contributed by atoms with Crippen LogP contribution < -0.4 is 5.32 Å². The molecule has 4 heteroatoms. The molecule has 2 aromatic rings. The Kier molecular flexibility index (Phi) is 6.53. The largest absolute Gasteiger partial charge is 0.465 e. The van der Waals surface area contributed by atoms with Gasteiger partial charge in [0.15, 0.2) is 0 Å². The summed E-state index contributed by atoms with van der Waals surface area (Å²) < 4.78 is 5.19. The fourth-order valence-electron chi connectivity index (χ4n) is 2.51. The number of carbonyl (C=O) groups is 1. The van der Waals surface area contributed by atoms with Gasteiger partial charge >= 0.3 is 5.97 Å². The van der Waals surface area contributed by atoms with Gasteiger partial charge in [0.1, 0.15) is 6.04 Å². The number of carbonyl (C=O) groups excluding carboxylic acids is 1. The predicted molar refractivity (Wildman–Crippen MR) is 93.4 cm³/mol. The number of hydrogen-bond acceptors (Lipinski definition) is 4. The zero-order chi connectivity index (χ0) is 17.4. The van der Waals surface area contributed by atoms with E-state index in [-0.39, 0.29) is 11.9 Å². The number of nitrogens with one attached hydrogen (secondary N) is 1. The van der Waals surface area contributed by atoms with Crippen LogP contribution in [-0.2, 0) is 9.53 Å². The monoisotopic (exact) mass is 322 g/mol. The standard InChI is InChI=1S/C20H22N2O2/c1-3-24-20(23)19(18-7-5-4-6-8-18)22-14-15(2)17-11-9-16(13-21)10-12-17/h4-12,15,19,22H,3,14H2,1-2H3. The molecule has 0 radical (unpaired) electrons. The minimum atomic E-state index is -0.480. The van der Waals surface area contributed by atoms with E-state index >= 15 is 0 Å². The molecule has 2 rings (SSSR count). The maximum Gasteiger partial charge on any atom is 0.327 e. The normalized spacial score (nSPS) is 12.9. The van der Waals surface area contributed by atoms with Crippen LogP contribution in [0.4, 0.5) is 0 Å². The highest BCUT2D eigenvalue weighted by Crippen LogP contribution is 2.19. The van der Waals surface area contributed by atoms with Gasteiger partial charge in [-0.3, -0.25) is 0 Å². The first-order chi connectivity index (χ1) is 11.7. The van der Waals surface area contributed by atoms with Crippen LogP contribution in [0.2, 0.25) is 0 Å². The second-order valence-corrected chi connectivity index (χ2v) is 5.64. The minimum Gasteiger partial charge on any atom is -0.465 e. The molecule has 124 valence electrons. The predicted octanol–water partition coefficient (Wildman–Crippen LogP) is 3.56. The van der Waals surface area contributed by atoms with Crippen LogP contribution in [0.15, 0.2) is 54.6 Å². The van der Waals surface area contributed by atoms with E-state index in [4.69, 9.17) is 10.00 Å². The van der Waals surface area contributed by atoms with Gasteiger partial charge in [-0.15, -0.1) is 0 Å². The van der Waals surface area contributed by atoms with E-state index in [0.717, 1.165) is 11.1 Å². The number of benzene rings is 2. The van der Waals surface area contributed by atoms with Crippen molar-refractivity contribution in [2.75, 3.05) is 13.2 Å². The van der Waals surface area contributed by atoms with Crippen LogP contribution in [0.1, 0.15) is 42.5 Å². The quantitative estimate of drug-likeness (QED) is 0.792. The topological polar surface area (TPSA) is 62.1 Å². The molecule has 0 saturated heterocycles. The fraction of sp³-hybridized carbons (Fsp3) is 0.300. The maximum atomic E-state index is 12.3. The molecular weight excluding hydrogens is 300 g/mol. The minimum absolute atomic E-state index is 0.207. The van der Waals surface area contributed by atoms with Crippen molar-refractivity contribution in [3.63, 3.8) is 0 Å². The number of hydrogen-bond donors (Lipinski definition) is 1. The zero-order valence-corrected chi connectivity index (χ0v) is 14.0. The van der Waals surface area contributed by atoms with Gasteiger partial charge in [-0.2, -0.15) is 5.26 Å². The zero-order valence-electron chi connectivity index (χ0n) is 14.0. The molecule has 0 bridgehead atoms. The SMILES string of the molecule is CCOC(=O)C(NCC(C)c1ccc(C#N)cc1)c1ccccc1. The van der Waals surface area contributed by atoms with Gasteiger partial charge in [0.05, 0.1) is 18.2 Å². The van der Waals surface area contributed by atoms with Crippen molar-refractivity contribution in [1.82, 2.24) is 5.32 Å². The number of ether oxygens (including phenoxy) is 1. The Labute approximate surface area is 143 Å². The summed E-state index contributed by atoms with van der Waals surface area (Å²) in [5.41, 5.74) is 2.66. The Morgan fingerprint density at radius 3 is 2.38 bits per heavy atom. The number of esters is 1. The lowest BCUT2D eigenvalue weighted by Gasteiger charge is -2.20. The lowest BCUT2D eigenvalue weighted by Crippen LogP contribution is -2.32. The summed E-state index contributed by atoms with van der Waals surface area (Å²) >= 11 is 0. The van der Waals surface area contributed by atoms with Crippen molar-refractivity contribution in [2.24, 2.45) is 0 Å². The van der Waals surface area contributed by atoms with Gasteiger partial charge in [0, 0.05) is 6.54 Å². The molecule has 0 fully saturated rings. The van der Waals surface area contributed by atoms with Crippen molar-refractivity contribution in [1.29, 1.82) is 5.26 Å². The average Bonchev–Trinajstić information content (AvgIpc) is 2.63. The van der Waals surface area contributed by atoms with E-state index < -0.39 is 6.04 Å². The van der Waals surface area contributed by atoms with Gasteiger partial charge in [-0.05, 0) is 36.1 Å². The Bertz CT molecular complexity index is 690. The maximum absolute atomic E-state index is 12.3. The van der Waals surface area contributed by atoms with E-state index in [1.165, 1.54) is 0 Å². The average molecular weight is 322 g/mol. The summed E-state index contributed by atoms with van der Waals surface area (Å²) in [6.45, 7) is 4.88. The Morgan fingerprint density at radius 1 is 1.12 bits per heavy atom. The molecule has 0 amide bonds. The molecule has 2 aromatic carbocycles. The Morgan fingerprint density at radius 2 is 1.79 bits per heavy atom. The molecule has 2 unspecified atom stereocenters. The third-order valence-corrected chi connectivity index (χ3v) is 3.89. The molecular formula is C20H22N2O2. The molecule has 0 heterocycles. The first-order valence-electron chi connectivity index (χ1n) is 8.10. The summed E-state index contributed by atoms with van der Waals surface area (Å²) in [6.07, 6.45) is 0. The van der Waals surface area contributed by atoms with Crippen LogP contribution in [0.5, 0.6) is 0 Å². The molecule has 0 spiro atoms. The number of rotatable bonds is 7. The lowest BCUT2D eigenvalue weighted by molar-refractivity contribution is -0.145. The molecule has 1 N–H and O–H groups in total. The van der Waals surface area contributed by atoms with Crippen LogP contribution in [0, 0.1) is 11.3 Å². The van der Waals surface area contributed by atoms with Crippen molar-refractivity contribution >= 4 is 5.97 Å². The van der Waals surface area contributed by atoms with E-state index in [2.05, 4.69) is 18.3 Å². The third-order valence-electron chi connectivity index (χ3n) is 3.89. The molecule has 4 nitrogen and oxygen atoms in total. The van der Waals surface area contributed by atoms with Gasteiger partial charge in [-0.1, -0.05) is 49.4 Å². The van der Waals surface area contributed by atoms with Gasteiger partial charge in [0.25, 0.3) is 0 Å². The van der Waals surface area contributed by atoms with Gasteiger partial charge in [-0.25, -0.2) is 4.79 Å². The second kappa shape index (κ2) is 8.85. The van der Waals surface area contributed by atoms with E-state index in [1.807, 2.05) is 54.6 Å². The first-order valence-corrected chi connectivity index (χ1v) is 8.10. The Balaban J connectivity index is 2.06. The van der Waals surface area contributed by atoms with Crippen LogP contribution in [-0.4, -0.2) is 19.1 Å². The van der Waals surface area contributed by atoms with Gasteiger partial charge in [0.2, 0.25) is 0 Å². The van der Waals surface area contributed by atoms with Crippen molar-refractivity contribution in [3.8, 4) is 6.07 Å². The fourth-order valence-corrected chi connectivity index (χ4v) is 2.51. The molecule has 24 heavy (non-hydrogen) atoms. The molecule has 0 saturated carbocycles. The highest BCUT2D eigenvalue weighted by Gasteiger charge is 2.22. The van der Waals surface area contributed by atoms with Crippen LogP contribution in [0.3, 0.4) is 0 Å². The molecule has 0 aromatic heterocycles. The Hall–Kier alpha value is -2.64. The summed E-state index contributed by atoms with van der Waals surface area (Å²) in [4.78, 5) is 12.3. The summed E-state index contributed by atoms with van der Waals surface area (Å²) in [7, 11) is 0. The first kappa shape index (κ1) is 17.7. The molecule has 0 aliphatic rings. The van der Waals surface area contributed by atoms with Gasteiger partial charge < -0.3 is 10.1 Å². The highest BCUT2D eigenvalue weighted by atomic mass is 16.5. The van der Waals surface area contributed by atoms with Crippen LogP contribution in [0.25, 0.3) is 0 Å². The lowest BCUT2D eigenvalue weighted by atomic mass is 9.99. The number of nitrogens with zero attached hydrogens (tertiary/aromatic N) is 1. The number of nitriles is 1. The smallest absolute Gasteiger partial charge is 0.327 e. The highest BCUT2D eigenvalue weighted by molar-refractivity contribution is 5.77. The van der Waals surface area contributed by atoms with Crippen molar-refractivity contribution < 1.29 is 9.53 Å². The summed E-state index contributed by atoms with van der Waals surface area (Å²) in [5.74, 6) is -0.0610. The van der Waals surface area contributed by atoms with E-state index in [1.54, 1.807) is 6.92 Å². The molecule has 0 aliphatic carbocycles. The molecule has 2 atom stereocenters. The van der Waals surface area contributed by atoms with E-state index in [9.17, 15) is 4.79 Å². The third kappa shape index (κ3) is 4.68. The second-order valence-electron chi connectivity index (χ2n) is 5.64.